The van der Waals surface area contributed by atoms with Crippen LogP contribution in [-0.4, -0.2) is 9.97 Å². The largest absolute Gasteiger partial charge is 0.416 e. The molecule has 3 N–H and O–H groups in total. The Morgan fingerprint density at radius 2 is 1.79 bits per heavy atom. The van der Waals surface area contributed by atoms with Gasteiger partial charge in [0.05, 0.1) is 11.9 Å². The van der Waals surface area contributed by atoms with E-state index in [1.165, 1.54) is 23.3 Å². The zero-order valence-electron chi connectivity index (χ0n) is 13.1. The van der Waals surface area contributed by atoms with Crippen molar-refractivity contribution in [3.05, 3.63) is 83.4 Å². The summed E-state index contributed by atoms with van der Waals surface area (Å²) in [6.07, 6.45) is 0.207. The summed E-state index contributed by atoms with van der Waals surface area (Å²) in [5, 5.41) is 0. The third-order valence-electron chi connectivity index (χ3n) is 3.28. The number of halogens is 3. The molecule has 0 aliphatic rings. The second-order valence-corrected chi connectivity index (χ2v) is 5.36. The first-order chi connectivity index (χ1) is 11.3. The first-order valence-corrected chi connectivity index (χ1v) is 7.30. The van der Waals surface area contributed by atoms with Crippen LogP contribution in [0.3, 0.4) is 0 Å². The molecule has 6 heteroatoms. The van der Waals surface area contributed by atoms with E-state index in [1.54, 1.807) is 6.33 Å². The molecule has 126 valence electrons. The third-order valence-corrected chi connectivity index (χ3v) is 3.28. The van der Waals surface area contributed by atoms with Crippen molar-refractivity contribution in [2.45, 2.75) is 19.5 Å². The minimum Gasteiger partial charge on any atom is -0.399 e. The normalized spacial score (nSPS) is 10.8. The highest BCUT2D eigenvalue weighted by Crippen LogP contribution is 2.29. The minimum atomic E-state index is -4.30. The lowest BCUT2D eigenvalue weighted by Gasteiger charge is -2.05. The Balaban J connectivity index is 0.000000177. The summed E-state index contributed by atoms with van der Waals surface area (Å²) in [5.41, 5.74) is 8.34. The molecule has 0 bridgehead atoms. The molecule has 0 unspecified atom stereocenters. The lowest BCUT2D eigenvalue weighted by atomic mass is 10.1. The van der Waals surface area contributed by atoms with Crippen molar-refractivity contribution in [3.63, 3.8) is 0 Å². The molecule has 0 atom stereocenters. The van der Waals surface area contributed by atoms with E-state index >= 15 is 0 Å². The number of aromatic nitrogens is 2. The van der Waals surface area contributed by atoms with E-state index in [0.29, 0.717) is 0 Å². The number of anilines is 1. The number of nitrogens with zero attached hydrogens (tertiary/aromatic N) is 1. The number of nitrogens with two attached hydrogens (primary N) is 1. The molecule has 0 amide bonds. The van der Waals surface area contributed by atoms with Crippen molar-refractivity contribution in [1.29, 1.82) is 0 Å². The number of benzene rings is 2. The van der Waals surface area contributed by atoms with Crippen LogP contribution in [0.2, 0.25) is 0 Å². The van der Waals surface area contributed by atoms with Crippen LogP contribution < -0.4 is 5.73 Å². The Hall–Kier alpha value is -2.76. The molecule has 0 saturated heterocycles. The van der Waals surface area contributed by atoms with E-state index in [2.05, 4.69) is 41.2 Å². The van der Waals surface area contributed by atoms with Gasteiger partial charge in [-0.3, -0.25) is 0 Å². The van der Waals surface area contributed by atoms with Crippen LogP contribution >= 0.6 is 0 Å². The van der Waals surface area contributed by atoms with E-state index in [9.17, 15) is 13.2 Å². The number of rotatable bonds is 2. The number of imidazole rings is 1. The summed E-state index contributed by atoms with van der Waals surface area (Å²) in [4.78, 5) is 7.07. The second-order valence-electron chi connectivity index (χ2n) is 5.36. The predicted octanol–water partition coefficient (Wildman–Crippen LogP) is 4.60. The maximum atomic E-state index is 11.9. The summed E-state index contributed by atoms with van der Waals surface area (Å²) < 4.78 is 35.7. The van der Waals surface area contributed by atoms with Gasteiger partial charge < -0.3 is 10.7 Å². The molecule has 0 saturated carbocycles. The fraction of sp³-hybridized carbons (Fsp3) is 0.167. The molecule has 0 aliphatic heterocycles. The Morgan fingerprint density at radius 1 is 1.08 bits per heavy atom. The SMILES string of the molecule is Cc1ccc(Cc2cnc[nH]2)cc1.Nc1cccc(C(F)(F)F)c1. The highest BCUT2D eigenvalue weighted by molar-refractivity contribution is 5.41. The molecule has 1 aromatic heterocycles. The van der Waals surface area contributed by atoms with Crippen LogP contribution in [0.5, 0.6) is 0 Å². The molecule has 3 rings (SSSR count). The van der Waals surface area contributed by atoms with Crippen LogP contribution in [0.25, 0.3) is 0 Å². The molecule has 0 radical (unpaired) electrons. The van der Waals surface area contributed by atoms with Gasteiger partial charge in [0.1, 0.15) is 0 Å². The van der Waals surface area contributed by atoms with E-state index in [0.717, 1.165) is 24.2 Å². The molecule has 2 aromatic carbocycles. The van der Waals surface area contributed by atoms with Gasteiger partial charge >= 0.3 is 6.18 Å². The van der Waals surface area contributed by atoms with E-state index in [1.807, 2.05) is 6.20 Å². The second kappa shape index (κ2) is 7.68. The predicted molar refractivity (Wildman–Crippen MR) is 88.4 cm³/mol. The molecule has 3 nitrogen and oxygen atoms in total. The van der Waals surface area contributed by atoms with Crippen molar-refractivity contribution < 1.29 is 13.2 Å². The molecular weight excluding hydrogens is 315 g/mol. The minimum absolute atomic E-state index is 0.125. The maximum Gasteiger partial charge on any atom is 0.416 e. The quantitative estimate of drug-likeness (QED) is 0.674. The Labute approximate surface area is 138 Å². The molecule has 0 spiro atoms. The number of alkyl halides is 3. The number of nitrogens with one attached hydrogen (secondary N) is 1. The first kappa shape index (κ1) is 17.6. The smallest absolute Gasteiger partial charge is 0.399 e. The zero-order valence-corrected chi connectivity index (χ0v) is 13.1. The molecule has 0 aliphatic carbocycles. The van der Waals surface area contributed by atoms with Gasteiger partial charge in [0, 0.05) is 24.0 Å². The van der Waals surface area contributed by atoms with Crippen molar-refractivity contribution in [2.24, 2.45) is 0 Å². The van der Waals surface area contributed by atoms with Crippen LogP contribution in [0, 0.1) is 6.92 Å². The Morgan fingerprint density at radius 3 is 2.29 bits per heavy atom. The van der Waals surface area contributed by atoms with Gasteiger partial charge in [-0.25, -0.2) is 4.98 Å². The molecule has 0 fully saturated rings. The van der Waals surface area contributed by atoms with Crippen LogP contribution in [0.1, 0.15) is 22.4 Å². The number of nitrogen functional groups attached to an aromatic ring is 1. The topological polar surface area (TPSA) is 54.7 Å². The summed E-state index contributed by atoms with van der Waals surface area (Å²) in [5.74, 6) is 0. The van der Waals surface area contributed by atoms with Gasteiger partial charge in [0.2, 0.25) is 0 Å². The summed E-state index contributed by atoms with van der Waals surface area (Å²) in [7, 11) is 0. The summed E-state index contributed by atoms with van der Waals surface area (Å²) >= 11 is 0. The van der Waals surface area contributed by atoms with Gasteiger partial charge in [0.15, 0.2) is 0 Å². The fourth-order valence-electron chi connectivity index (χ4n) is 2.02. The van der Waals surface area contributed by atoms with Gasteiger partial charge in [-0.1, -0.05) is 35.9 Å². The number of H-pyrrole nitrogens is 1. The van der Waals surface area contributed by atoms with Crippen molar-refractivity contribution in [3.8, 4) is 0 Å². The summed E-state index contributed by atoms with van der Waals surface area (Å²) in [6, 6.07) is 13.1. The molecule has 24 heavy (non-hydrogen) atoms. The van der Waals surface area contributed by atoms with E-state index in [4.69, 9.17) is 5.73 Å². The van der Waals surface area contributed by atoms with Gasteiger partial charge in [-0.15, -0.1) is 0 Å². The van der Waals surface area contributed by atoms with Crippen molar-refractivity contribution in [1.82, 2.24) is 9.97 Å². The highest BCUT2D eigenvalue weighted by Gasteiger charge is 2.30. The lowest BCUT2D eigenvalue weighted by molar-refractivity contribution is -0.137. The van der Waals surface area contributed by atoms with Gasteiger partial charge in [-0.05, 0) is 30.7 Å². The molecule has 1 heterocycles. The van der Waals surface area contributed by atoms with E-state index in [-0.39, 0.29) is 5.69 Å². The average molecular weight is 333 g/mol. The number of hydrogen-bond donors (Lipinski definition) is 2. The van der Waals surface area contributed by atoms with Crippen LogP contribution in [-0.2, 0) is 12.6 Å². The number of aryl methyl sites for hydroxylation is 1. The monoisotopic (exact) mass is 333 g/mol. The van der Waals surface area contributed by atoms with Gasteiger partial charge in [0.25, 0.3) is 0 Å². The Kier molecular flexibility index (Phi) is 5.63. The zero-order chi connectivity index (χ0) is 17.6. The number of aromatic amines is 1. The van der Waals surface area contributed by atoms with Crippen LogP contribution in [0.4, 0.5) is 18.9 Å². The van der Waals surface area contributed by atoms with Gasteiger partial charge in [-0.2, -0.15) is 13.2 Å². The highest BCUT2D eigenvalue weighted by atomic mass is 19.4. The Bertz CT molecular complexity index is 748. The molecular formula is C18H18F3N3. The van der Waals surface area contributed by atoms with Crippen molar-refractivity contribution in [2.75, 3.05) is 5.73 Å². The summed E-state index contributed by atoms with van der Waals surface area (Å²) in [6.45, 7) is 2.10. The van der Waals surface area contributed by atoms with Crippen molar-refractivity contribution >= 4 is 5.69 Å². The third kappa shape index (κ3) is 5.46. The van der Waals surface area contributed by atoms with E-state index < -0.39 is 11.7 Å². The average Bonchev–Trinajstić information content (AvgIpc) is 3.02. The maximum absolute atomic E-state index is 11.9. The fourth-order valence-corrected chi connectivity index (χ4v) is 2.02. The first-order valence-electron chi connectivity index (χ1n) is 7.30. The standard InChI is InChI=1S/C11H12N2.C7H6F3N/c1-9-2-4-10(5-3-9)6-11-7-12-8-13-11;8-7(9,10)5-2-1-3-6(11)4-5/h2-5,7-8H,6H2,1H3,(H,12,13);1-4H,11H2. The number of hydrogen-bond acceptors (Lipinski definition) is 2. The van der Waals surface area contributed by atoms with Crippen LogP contribution in [0.15, 0.2) is 61.1 Å². The lowest BCUT2D eigenvalue weighted by Crippen LogP contribution is -2.04. The molecule has 3 aromatic rings.